The molecule has 1 N–H and O–H groups in total. The van der Waals surface area contributed by atoms with Crippen molar-refractivity contribution in [1.29, 1.82) is 0 Å². The molecule has 0 aliphatic rings. The van der Waals surface area contributed by atoms with E-state index in [1.54, 1.807) is 24.8 Å². The van der Waals surface area contributed by atoms with Gasteiger partial charge in [0.1, 0.15) is 0 Å². The first kappa shape index (κ1) is 13.3. The molecule has 5 nitrogen and oxygen atoms in total. The molecule has 0 aromatic carbocycles. The van der Waals surface area contributed by atoms with Crippen molar-refractivity contribution in [2.24, 2.45) is 0 Å². The summed E-state index contributed by atoms with van der Waals surface area (Å²) in [5.41, 5.74) is 0.743. The van der Waals surface area contributed by atoms with Gasteiger partial charge in [-0.3, -0.25) is 10.1 Å². The quantitative estimate of drug-likeness (QED) is 0.363. The zero-order chi connectivity index (χ0) is 12.7. The average molecular weight is 251 g/mol. The number of anilines is 1. The molecule has 0 aliphatic heterocycles. The largest absolute Gasteiger partial charge is 0.364 e. The molecule has 0 saturated heterocycles. The molecule has 0 atom stereocenters. The summed E-state index contributed by atoms with van der Waals surface area (Å²) in [4.78, 5) is 14.4. The minimum absolute atomic E-state index is 0.00227. The topological polar surface area (TPSA) is 68.1 Å². The highest BCUT2D eigenvalue weighted by molar-refractivity contribution is 7.99. The number of nitrogens with zero attached hydrogens (tertiary/aromatic N) is 2. The minimum Gasteiger partial charge on any atom is -0.364 e. The Kier molecular flexibility index (Phi) is 5.30. The number of aromatic nitrogens is 1. The lowest BCUT2D eigenvalue weighted by molar-refractivity contribution is -0.384. The third kappa shape index (κ3) is 4.33. The molecule has 1 aromatic heterocycles. The van der Waals surface area contributed by atoms with E-state index in [0.717, 1.165) is 11.4 Å². The summed E-state index contributed by atoms with van der Waals surface area (Å²) >= 11 is 1.59. The summed E-state index contributed by atoms with van der Waals surface area (Å²) in [6, 6.07) is 3.08. The van der Waals surface area contributed by atoms with E-state index in [4.69, 9.17) is 6.42 Å². The van der Waals surface area contributed by atoms with Gasteiger partial charge in [-0.05, 0) is 13.0 Å². The number of hydrogen-bond acceptors (Lipinski definition) is 5. The van der Waals surface area contributed by atoms with E-state index in [9.17, 15) is 10.1 Å². The van der Waals surface area contributed by atoms with Gasteiger partial charge in [0.05, 0.1) is 10.7 Å². The normalized spacial score (nSPS) is 9.65. The van der Waals surface area contributed by atoms with Gasteiger partial charge in [-0.15, -0.1) is 18.2 Å². The van der Waals surface area contributed by atoms with Crippen LogP contribution >= 0.6 is 11.8 Å². The van der Waals surface area contributed by atoms with E-state index in [-0.39, 0.29) is 5.69 Å². The fourth-order valence-electron chi connectivity index (χ4n) is 1.20. The maximum Gasteiger partial charge on any atom is 0.311 e. The van der Waals surface area contributed by atoms with Crippen molar-refractivity contribution in [3.63, 3.8) is 0 Å². The number of aryl methyl sites for hydroxylation is 1. The van der Waals surface area contributed by atoms with Gasteiger partial charge >= 0.3 is 5.69 Å². The number of pyridine rings is 1. The van der Waals surface area contributed by atoms with Gasteiger partial charge in [-0.1, -0.05) is 5.92 Å². The summed E-state index contributed by atoms with van der Waals surface area (Å²) < 4.78 is 0. The van der Waals surface area contributed by atoms with E-state index in [2.05, 4.69) is 16.2 Å². The second-order valence-corrected chi connectivity index (χ2v) is 4.37. The van der Waals surface area contributed by atoms with Gasteiger partial charge < -0.3 is 5.32 Å². The fourth-order valence-corrected chi connectivity index (χ4v) is 1.71. The SMILES string of the molecule is C#CCSCCNc1nc(C)ccc1[N+](=O)[O-]. The van der Waals surface area contributed by atoms with Gasteiger partial charge in [0.25, 0.3) is 0 Å². The summed E-state index contributed by atoms with van der Waals surface area (Å²) in [7, 11) is 0. The van der Waals surface area contributed by atoms with Crippen LogP contribution in [0.25, 0.3) is 0 Å². The third-order valence-electron chi connectivity index (χ3n) is 1.93. The second kappa shape index (κ2) is 6.76. The zero-order valence-corrected chi connectivity index (χ0v) is 10.3. The highest BCUT2D eigenvalue weighted by Gasteiger charge is 2.14. The highest BCUT2D eigenvalue weighted by atomic mass is 32.2. The smallest absolute Gasteiger partial charge is 0.311 e. The summed E-state index contributed by atoms with van der Waals surface area (Å²) in [6.07, 6.45) is 5.11. The summed E-state index contributed by atoms with van der Waals surface area (Å²) in [6.45, 7) is 2.39. The Bertz CT molecular complexity index is 443. The Morgan fingerprint density at radius 3 is 3.06 bits per heavy atom. The van der Waals surface area contributed by atoms with Crippen LogP contribution in [0.4, 0.5) is 11.5 Å². The molecule has 0 amide bonds. The predicted octanol–water partition coefficient (Wildman–Crippen LogP) is 2.08. The van der Waals surface area contributed by atoms with Crippen LogP contribution in [-0.2, 0) is 0 Å². The van der Waals surface area contributed by atoms with Gasteiger partial charge in [0.2, 0.25) is 5.82 Å². The molecule has 17 heavy (non-hydrogen) atoms. The number of hydrogen-bond donors (Lipinski definition) is 1. The Morgan fingerprint density at radius 2 is 2.41 bits per heavy atom. The van der Waals surface area contributed by atoms with E-state index in [1.165, 1.54) is 6.07 Å². The molecule has 0 radical (unpaired) electrons. The molecular formula is C11H13N3O2S. The lowest BCUT2D eigenvalue weighted by atomic mass is 10.3. The molecule has 0 fully saturated rings. The van der Waals surface area contributed by atoms with Crippen LogP contribution in [0, 0.1) is 29.4 Å². The minimum atomic E-state index is -0.441. The number of thioether (sulfide) groups is 1. The number of nitrogens with one attached hydrogen (secondary N) is 1. The second-order valence-electron chi connectivity index (χ2n) is 3.26. The maximum absolute atomic E-state index is 10.8. The standard InChI is InChI=1S/C11H13N3O2S/c1-3-7-17-8-6-12-11-10(14(15)16)5-4-9(2)13-11/h1,4-5H,6-8H2,2H3,(H,12,13). The van der Waals surface area contributed by atoms with Gasteiger partial charge in [0.15, 0.2) is 0 Å². The van der Waals surface area contributed by atoms with Gasteiger partial charge in [-0.2, -0.15) is 0 Å². The molecule has 0 bridgehead atoms. The lowest BCUT2D eigenvalue weighted by Crippen LogP contribution is -2.08. The van der Waals surface area contributed by atoms with Crippen molar-refractivity contribution in [2.45, 2.75) is 6.92 Å². The van der Waals surface area contributed by atoms with Gasteiger partial charge in [-0.25, -0.2) is 4.98 Å². The van der Waals surface area contributed by atoms with Crippen LogP contribution < -0.4 is 5.32 Å². The van der Waals surface area contributed by atoms with Gasteiger partial charge in [0, 0.05) is 24.1 Å². The van der Waals surface area contributed by atoms with Crippen molar-refractivity contribution in [2.75, 3.05) is 23.4 Å². The molecular weight excluding hydrogens is 238 g/mol. The molecule has 0 aliphatic carbocycles. The first-order valence-corrected chi connectivity index (χ1v) is 6.17. The molecule has 0 spiro atoms. The Morgan fingerprint density at radius 1 is 1.65 bits per heavy atom. The lowest BCUT2D eigenvalue weighted by Gasteiger charge is -2.06. The van der Waals surface area contributed by atoms with Crippen LogP contribution in [0.5, 0.6) is 0 Å². The molecule has 1 aromatic rings. The molecule has 1 heterocycles. The van der Waals surface area contributed by atoms with Crippen LogP contribution in [0.2, 0.25) is 0 Å². The van der Waals surface area contributed by atoms with E-state index in [1.807, 2.05) is 0 Å². The van der Waals surface area contributed by atoms with Crippen molar-refractivity contribution in [1.82, 2.24) is 4.98 Å². The molecule has 0 saturated carbocycles. The zero-order valence-electron chi connectivity index (χ0n) is 9.47. The van der Waals surface area contributed by atoms with E-state index < -0.39 is 4.92 Å². The first-order valence-electron chi connectivity index (χ1n) is 5.02. The Balaban J connectivity index is 2.60. The highest BCUT2D eigenvalue weighted by Crippen LogP contribution is 2.21. The Labute approximate surface area is 104 Å². The van der Waals surface area contributed by atoms with E-state index >= 15 is 0 Å². The van der Waals surface area contributed by atoms with Crippen LogP contribution in [0.15, 0.2) is 12.1 Å². The van der Waals surface area contributed by atoms with Crippen LogP contribution in [0.1, 0.15) is 5.69 Å². The van der Waals surface area contributed by atoms with Crippen molar-refractivity contribution < 1.29 is 4.92 Å². The number of nitro groups is 1. The Hall–Kier alpha value is -1.74. The average Bonchev–Trinajstić information content (AvgIpc) is 2.28. The third-order valence-corrected chi connectivity index (χ3v) is 2.80. The number of terminal acetylenes is 1. The molecule has 0 unspecified atom stereocenters. The summed E-state index contributed by atoms with van der Waals surface area (Å²) in [5.74, 6) is 4.26. The van der Waals surface area contributed by atoms with Crippen LogP contribution in [0.3, 0.4) is 0 Å². The van der Waals surface area contributed by atoms with Crippen LogP contribution in [-0.4, -0.2) is 28.0 Å². The first-order chi connectivity index (χ1) is 8.15. The molecule has 90 valence electrons. The maximum atomic E-state index is 10.8. The van der Waals surface area contributed by atoms with E-state index in [0.29, 0.717) is 18.1 Å². The summed E-state index contributed by atoms with van der Waals surface area (Å²) in [5, 5.41) is 13.7. The molecule has 1 rings (SSSR count). The monoisotopic (exact) mass is 251 g/mol. The molecule has 6 heteroatoms. The van der Waals surface area contributed by atoms with Crippen molar-refractivity contribution in [3.8, 4) is 12.3 Å². The predicted molar refractivity (Wildman–Crippen MR) is 70.3 cm³/mol. The fraction of sp³-hybridized carbons (Fsp3) is 0.364. The van der Waals surface area contributed by atoms with Crippen molar-refractivity contribution >= 4 is 23.3 Å². The number of rotatable bonds is 6. The van der Waals surface area contributed by atoms with Crippen molar-refractivity contribution in [3.05, 3.63) is 27.9 Å².